The number of carboxylic acid groups (broad SMARTS) is 1. The minimum Gasteiger partial charge on any atom is -0.480 e. The van der Waals surface area contributed by atoms with Crippen LogP contribution in [0.4, 0.5) is 4.79 Å². The minimum atomic E-state index is -1.22. The normalized spacial score (nSPS) is 13.9. The first-order chi connectivity index (χ1) is 7.91. The molecule has 0 heterocycles. The number of methoxy groups -OCH3 is 1. The summed E-state index contributed by atoms with van der Waals surface area (Å²) in [5, 5.41) is 11.6. The summed E-state index contributed by atoms with van der Waals surface area (Å²) in [4.78, 5) is 24.4. The molecule has 0 aliphatic heterocycles. The van der Waals surface area contributed by atoms with Crippen molar-refractivity contribution in [1.82, 2.24) is 10.2 Å². The Hall–Kier alpha value is -1.30. The minimum absolute atomic E-state index is 0.329. The third-order valence-electron chi connectivity index (χ3n) is 2.80. The van der Waals surface area contributed by atoms with E-state index in [4.69, 9.17) is 9.84 Å². The molecular weight excluding hydrogens is 224 g/mol. The lowest BCUT2D eigenvalue weighted by atomic mass is 10.00. The number of nitrogens with zero attached hydrogens (tertiary/aromatic N) is 1. The molecule has 0 aromatic carbocycles. The number of carboxylic acids is 1. The zero-order chi connectivity index (χ0) is 13.5. The van der Waals surface area contributed by atoms with Crippen LogP contribution in [0.3, 0.4) is 0 Å². The van der Waals surface area contributed by atoms with Gasteiger partial charge in [-0.2, -0.15) is 0 Å². The van der Waals surface area contributed by atoms with E-state index < -0.39 is 11.5 Å². The van der Waals surface area contributed by atoms with Crippen LogP contribution in [0.5, 0.6) is 0 Å². The van der Waals surface area contributed by atoms with Crippen LogP contribution < -0.4 is 5.32 Å². The highest BCUT2D eigenvalue weighted by molar-refractivity contribution is 5.85. The highest BCUT2D eigenvalue weighted by Gasteiger charge is 2.33. The number of urea groups is 1. The van der Waals surface area contributed by atoms with Crippen molar-refractivity contribution in [2.45, 2.75) is 32.7 Å². The maximum absolute atomic E-state index is 11.9. The maximum Gasteiger partial charge on any atom is 0.329 e. The molecule has 0 saturated heterocycles. The first kappa shape index (κ1) is 15.7. The number of amides is 2. The third-order valence-corrected chi connectivity index (χ3v) is 2.80. The quantitative estimate of drug-likeness (QED) is 0.700. The van der Waals surface area contributed by atoms with Crippen molar-refractivity contribution in [2.24, 2.45) is 0 Å². The molecule has 0 aromatic heterocycles. The van der Waals surface area contributed by atoms with Crippen molar-refractivity contribution in [2.75, 3.05) is 26.8 Å². The van der Waals surface area contributed by atoms with Gasteiger partial charge in [0.1, 0.15) is 5.54 Å². The van der Waals surface area contributed by atoms with Crippen LogP contribution >= 0.6 is 0 Å². The average molecular weight is 246 g/mol. The molecular formula is C11H22N2O4. The number of likely N-dealkylation sites (N-methyl/N-ethyl adjacent to an activating group) is 1. The summed E-state index contributed by atoms with van der Waals surface area (Å²) in [5.41, 5.74) is -1.22. The Labute approximate surface area is 102 Å². The van der Waals surface area contributed by atoms with E-state index in [9.17, 15) is 9.59 Å². The predicted octanol–water partition coefficient (Wildman–Crippen LogP) is 0.918. The fourth-order valence-electron chi connectivity index (χ4n) is 1.21. The fraction of sp³-hybridized carbons (Fsp3) is 0.818. The number of ether oxygens (including phenoxy) is 1. The first-order valence-electron chi connectivity index (χ1n) is 5.70. The van der Waals surface area contributed by atoms with E-state index in [2.05, 4.69) is 5.32 Å². The largest absolute Gasteiger partial charge is 0.480 e. The van der Waals surface area contributed by atoms with Crippen LogP contribution in [0, 0.1) is 0 Å². The molecule has 0 bridgehead atoms. The van der Waals surface area contributed by atoms with Crippen LogP contribution in [-0.2, 0) is 9.53 Å². The van der Waals surface area contributed by atoms with Gasteiger partial charge in [-0.25, -0.2) is 9.59 Å². The van der Waals surface area contributed by atoms with Crippen molar-refractivity contribution in [1.29, 1.82) is 0 Å². The highest BCUT2D eigenvalue weighted by Crippen LogP contribution is 2.10. The van der Waals surface area contributed by atoms with Gasteiger partial charge in [0.25, 0.3) is 0 Å². The molecule has 1 unspecified atom stereocenters. The van der Waals surface area contributed by atoms with Crippen LogP contribution in [0.15, 0.2) is 0 Å². The fourth-order valence-corrected chi connectivity index (χ4v) is 1.21. The van der Waals surface area contributed by atoms with Gasteiger partial charge < -0.3 is 20.1 Å². The van der Waals surface area contributed by atoms with Gasteiger partial charge in [-0.3, -0.25) is 0 Å². The van der Waals surface area contributed by atoms with E-state index in [0.29, 0.717) is 26.1 Å². The summed E-state index contributed by atoms with van der Waals surface area (Å²) in [6, 6.07) is -0.378. The second-order valence-electron chi connectivity index (χ2n) is 3.99. The van der Waals surface area contributed by atoms with Gasteiger partial charge in [-0.1, -0.05) is 6.92 Å². The lowest BCUT2D eigenvalue weighted by molar-refractivity contribution is -0.143. The Morgan fingerprint density at radius 3 is 2.35 bits per heavy atom. The van der Waals surface area contributed by atoms with Gasteiger partial charge in [0, 0.05) is 20.2 Å². The zero-order valence-corrected chi connectivity index (χ0v) is 10.9. The molecule has 0 saturated carbocycles. The van der Waals surface area contributed by atoms with E-state index in [1.54, 1.807) is 14.0 Å². The number of hydrogen-bond acceptors (Lipinski definition) is 3. The van der Waals surface area contributed by atoms with Crippen LogP contribution in [0.2, 0.25) is 0 Å². The molecule has 1 atom stereocenters. The second kappa shape index (κ2) is 7.11. The molecule has 100 valence electrons. The molecule has 0 aliphatic rings. The van der Waals surface area contributed by atoms with Crippen molar-refractivity contribution in [3.63, 3.8) is 0 Å². The van der Waals surface area contributed by atoms with E-state index in [-0.39, 0.29) is 6.03 Å². The Bertz CT molecular complexity index is 270. The molecule has 2 N–H and O–H groups in total. The van der Waals surface area contributed by atoms with Gasteiger partial charge in [0.05, 0.1) is 6.61 Å². The van der Waals surface area contributed by atoms with Gasteiger partial charge in [-0.05, 0) is 20.3 Å². The van der Waals surface area contributed by atoms with Crippen LogP contribution in [0.25, 0.3) is 0 Å². The average Bonchev–Trinajstić information content (AvgIpc) is 2.29. The number of hydrogen-bond donors (Lipinski definition) is 2. The smallest absolute Gasteiger partial charge is 0.329 e. The molecule has 0 aromatic rings. The van der Waals surface area contributed by atoms with E-state index in [0.717, 1.165) is 0 Å². The standard InChI is InChI=1S/C11H22N2O4/c1-5-11(3,9(14)15)12-10(16)13(6-2)7-8-17-4/h5-8H2,1-4H3,(H,12,16)(H,14,15). The molecule has 0 aliphatic carbocycles. The molecule has 17 heavy (non-hydrogen) atoms. The summed E-state index contributed by atoms with van der Waals surface area (Å²) >= 11 is 0. The Morgan fingerprint density at radius 2 is 2.00 bits per heavy atom. The van der Waals surface area contributed by atoms with Crippen molar-refractivity contribution in [3.05, 3.63) is 0 Å². The highest BCUT2D eigenvalue weighted by atomic mass is 16.5. The van der Waals surface area contributed by atoms with Gasteiger partial charge in [0.15, 0.2) is 0 Å². The second-order valence-corrected chi connectivity index (χ2v) is 3.99. The zero-order valence-electron chi connectivity index (χ0n) is 10.9. The summed E-state index contributed by atoms with van der Waals surface area (Å²) in [6.45, 7) is 6.43. The lowest BCUT2D eigenvalue weighted by Crippen LogP contribution is -2.56. The maximum atomic E-state index is 11.9. The molecule has 6 heteroatoms. The molecule has 6 nitrogen and oxygen atoms in total. The summed E-state index contributed by atoms with van der Waals surface area (Å²) < 4.78 is 4.89. The van der Waals surface area contributed by atoms with Gasteiger partial charge >= 0.3 is 12.0 Å². The Morgan fingerprint density at radius 1 is 1.41 bits per heavy atom. The van der Waals surface area contributed by atoms with E-state index in [1.165, 1.54) is 11.8 Å². The summed E-state index contributed by atoms with van der Waals surface area (Å²) in [6.07, 6.45) is 0.329. The Kier molecular flexibility index (Phi) is 6.57. The topological polar surface area (TPSA) is 78.9 Å². The SMILES string of the molecule is CCN(CCOC)C(=O)NC(C)(CC)C(=O)O. The molecule has 0 fully saturated rings. The predicted molar refractivity (Wildman–Crippen MR) is 64.0 cm³/mol. The van der Waals surface area contributed by atoms with Crippen molar-refractivity contribution < 1.29 is 19.4 Å². The molecule has 0 radical (unpaired) electrons. The number of aliphatic carboxylic acids is 1. The summed E-state index contributed by atoms with van der Waals surface area (Å²) in [7, 11) is 1.55. The van der Waals surface area contributed by atoms with Crippen molar-refractivity contribution in [3.8, 4) is 0 Å². The number of rotatable bonds is 7. The van der Waals surface area contributed by atoms with Crippen LogP contribution in [-0.4, -0.2) is 54.4 Å². The first-order valence-corrected chi connectivity index (χ1v) is 5.70. The van der Waals surface area contributed by atoms with Crippen molar-refractivity contribution >= 4 is 12.0 Å². The number of carbonyl (C=O) groups excluding carboxylic acids is 1. The van der Waals surface area contributed by atoms with E-state index >= 15 is 0 Å². The van der Waals surface area contributed by atoms with Gasteiger partial charge in [0.2, 0.25) is 0 Å². The Balaban J connectivity index is 4.53. The number of carbonyl (C=O) groups is 2. The summed E-state index contributed by atoms with van der Waals surface area (Å²) in [5.74, 6) is -1.03. The monoisotopic (exact) mass is 246 g/mol. The molecule has 0 rings (SSSR count). The third kappa shape index (κ3) is 4.60. The lowest BCUT2D eigenvalue weighted by Gasteiger charge is -2.29. The van der Waals surface area contributed by atoms with Crippen LogP contribution in [0.1, 0.15) is 27.2 Å². The number of nitrogens with one attached hydrogen (secondary N) is 1. The van der Waals surface area contributed by atoms with Gasteiger partial charge in [-0.15, -0.1) is 0 Å². The van der Waals surface area contributed by atoms with E-state index in [1.807, 2.05) is 6.92 Å². The molecule has 0 spiro atoms. The molecule has 2 amide bonds.